The minimum absolute atomic E-state index is 0.00755. The molecule has 3 rings (SSSR count). The van der Waals surface area contributed by atoms with Crippen LogP contribution in [0.15, 0.2) is 30.5 Å². The van der Waals surface area contributed by atoms with Crippen LogP contribution in [0.5, 0.6) is 0 Å². The van der Waals surface area contributed by atoms with Crippen molar-refractivity contribution >= 4 is 22.6 Å². The first-order valence-electron chi connectivity index (χ1n) is 7.25. The second-order valence-electron chi connectivity index (χ2n) is 6.03. The molecule has 1 aliphatic rings. The minimum Gasteiger partial charge on any atom is -0.359 e. The van der Waals surface area contributed by atoms with Crippen molar-refractivity contribution in [2.24, 2.45) is 11.8 Å². The number of carbonyl (C=O) groups is 1. The summed E-state index contributed by atoms with van der Waals surface area (Å²) in [6.45, 7) is 6.11. The molecule has 1 aromatic heterocycles. The van der Waals surface area contributed by atoms with Gasteiger partial charge >= 0.3 is 6.03 Å². The van der Waals surface area contributed by atoms with Gasteiger partial charge in [0.25, 0.3) is 0 Å². The topological polar surface area (TPSA) is 48.1 Å². The molecule has 1 saturated heterocycles. The lowest BCUT2D eigenvalue weighted by Crippen LogP contribution is -2.44. The largest absolute Gasteiger partial charge is 0.359 e. The highest BCUT2D eigenvalue weighted by atomic mass is 16.2. The molecule has 4 nitrogen and oxygen atoms in total. The highest BCUT2D eigenvalue weighted by Crippen LogP contribution is 2.25. The van der Waals surface area contributed by atoms with E-state index in [0.29, 0.717) is 11.8 Å². The van der Waals surface area contributed by atoms with Crippen molar-refractivity contribution in [3.05, 3.63) is 30.5 Å². The molecule has 2 atom stereocenters. The minimum atomic E-state index is 0.00755. The normalized spacial score (nSPS) is 23.0. The summed E-state index contributed by atoms with van der Waals surface area (Å²) in [5, 5.41) is 4.09. The molecular weight excluding hydrogens is 250 g/mol. The molecule has 4 heteroatoms. The number of anilines is 1. The SMILES string of the molecule is CC1CC(C)CN(C(=O)Nc2c[nH]c3ccccc23)C1. The first-order chi connectivity index (χ1) is 9.63. The molecule has 2 heterocycles. The van der Waals surface area contributed by atoms with Gasteiger partial charge < -0.3 is 15.2 Å². The number of carbonyl (C=O) groups excluding carboxylic acids is 1. The van der Waals surface area contributed by atoms with Gasteiger partial charge in [-0.05, 0) is 24.3 Å². The molecule has 1 aliphatic heterocycles. The predicted octanol–water partition coefficient (Wildman–Crippen LogP) is 3.68. The summed E-state index contributed by atoms with van der Waals surface area (Å²) >= 11 is 0. The van der Waals surface area contributed by atoms with Gasteiger partial charge in [0.05, 0.1) is 5.69 Å². The van der Waals surface area contributed by atoms with Crippen molar-refractivity contribution < 1.29 is 4.79 Å². The van der Waals surface area contributed by atoms with Crippen LogP contribution in [-0.2, 0) is 0 Å². The average Bonchev–Trinajstić information content (AvgIpc) is 2.81. The number of aromatic nitrogens is 1. The van der Waals surface area contributed by atoms with E-state index in [2.05, 4.69) is 24.1 Å². The van der Waals surface area contributed by atoms with E-state index < -0.39 is 0 Å². The molecule has 0 saturated carbocycles. The second kappa shape index (κ2) is 5.19. The second-order valence-corrected chi connectivity index (χ2v) is 6.03. The fraction of sp³-hybridized carbons (Fsp3) is 0.438. The third kappa shape index (κ3) is 2.50. The van der Waals surface area contributed by atoms with E-state index in [4.69, 9.17) is 0 Å². The Morgan fingerprint density at radius 2 is 1.95 bits per heavy atom. The summed E-state index contributed by atoms with van der Waals surface area (Å²) in [6.07, 6.45) is 3.07. The molecule has 0 spiro atoms. The Kier molecular flexibility index (Phi) is 3.38. The van der Waals surface area contributed by atoms with Crippen LogP contribution in [0.3, 0.4) is 0 Å². The maximum absolute atomic E-state index is 12.4. The quantitative estimate of drug-likeness (QED) is 0.816. The Hall–Kier alpha value is -1.97. The smallest absolute Gasteiger partial charge is 0.321 e. The van der Waals surface area contributed by atoms with Gasteiger partial charge in [-0.1, -0.05) is 32.0 Å². The van der Waals surface area contributed by atoms with Crippen molar-refractivity contribution in [3.63, 3.8) is 0 Å². The van der Waals surface area contributed by atoms with E-state index in [9.17, 15) is 4.79 Å². The van der Waals surface area contributed by atoms with Gasteiger partial charge in [0, 0.05) is 30.2 Å². The highest BCUT2D eigenvalue weighted by molar-refractivity contribution is 6.00. The number of amides is 2. The summed E-state index contributed by atoms with van der Waals surface area (Å²) in [5.74, 6) is 1.15. The number of fused-ring (bicyclic) bond motifs is 1. The molecule has 1 aromatic carbocycles. The maximum atomic E-state index is 12.4. The van der Waals surface area contributed by atoms with Gasteiger partial charge in [-0.3, -0.25) is 0 Å². The molecule has 20 heavy (non-hydrogen) atoms. The summed E-state index contributed by atoms with van der Waals surface area (Å²) in [6, 6.07) is 8.00. The zero-order chi connectivity index (χ0) is 14.1. The molecule has 2 amide bonds. The van der Waals surface area contributed by atoms with Gasteiger partial charge in [0.2, 0.25) is 0 Å². The third-order valence-electron chi connectivity index (χ3n) is 3.99. The van der Waals surface area contributed by atoms with Crippen LogP contribution in [0.25, 0.3) is 10.9 Å². The number of benzene rings is 1. The fourth-order valence-corrected chi connectivity index (χ4v) is 3.20. The molecule has 0 aliphatic carbocycles. The molecule has 2 aromatic rings. The van der Waals surface area contributed by atoms with Crippen molar-refractivity contribution in [2.75, 3.05) is 18.4 Å². The number of aromatic amines is 1. The van der Waals surface area contributed by atoms with Crippen molar-refractivity contribution in [3.8, 4) is 0 Å². The summed E-state index contributed by atoms with van der Waals surface area (Å²) in [7, 11) is 0. The Balaban J connectivity index is 1.75. The summed E-state index contributed by atoms with van der Waals surface area (Å²) in [5.41, 5.74) is 1.90. The maximum Gasteiger partial charge on any atom is 0.321 e. The van der Waals surface area contributed by atoms with Crippen LogP contribution in [-0.4, -0.2) is 29.0 Å². The van der Waals surface area contributed by atoms with Crippen molar-refractivity contribution in [1.82, 2.24) is 9.88 Å². The van der Waals surface area contributed by atoms with Crippen molar-refractivity contribution in [1.29, 1.82) is 0 Å². The molecule has 106 valence electrons. The summed E-state index contributed by atoms with van der Waals surface area (Å²) in [4.78, 5) is 17.5. The fourth-order valence-electron chi connectivity index (χ4n) is 3.20. The highest BCUT2D eigenvalue weighted by Gasteiger charge is 2.25. The lowest BCUT2D eigenvalue weighted by atomic mass is 9.92. The van der Waals surface area contributed by atoms with E-state index >= 15 is 0 Å². The first-order valence-corrected chi connectivity index (χ1v) is 7.25. The molecule has 2 N–H and O–H groups in total. The Morgan fingerprint density at radius 3 is 2.70 bits per heavy atom. The number of rotatable bonds is 1. The lowest BCUT2D eigenvalue weighted by Gasteiger charge is -2.34. The monoisotopic (exact) mass is 271 g/mol. The van der Waals surface area contributed by atoms with Gasteiger partial charge in [-0.25, -0.2) is 4.79 Å². The summed E-state index contributed by atoms with van der Waals surface area (Å²) < 4.78 is 0. The number of urea groups is 1. The van der Waals surface area contributed by atoms with Crippen LogP contribution in [0, 0.1) is 11.8 Å². The number of nitrogens with one attached hydrogen (secondary N) is 2. The van der Waals surface area contributed by atoms with Crippen molar-refractivity contribution in [2.45, 2.75) is 20.3 Å². The van der Waals surface area contributed by atoms with Crippen LogP contribution in [0.2, 0.25) is 0 Å². The Morgan fingerprint density at radius 1 is 1.25 bits per heavy atom. The van der Waals surface area contributed by atoms with E-state index in [-0.39, 0.29) is 6.03 Å². The van der Waals surface area contributed by atoms with Crippen LogP contribution in [0.1, 0.15) is 20.3 Å². The zero-order valence-electron chi connectivity index (χ0n) is 12.0. The lowest BCUT2D eigenvalue weighted by molar-refractivity contribution is 0.156. The molecule has 1 fully saturated rings. The van der Waals surface area contributed by atoms with E-state index in [1.165, 1.54) is 6.42 Å². The molecule has 2 unspecified atom stereocenters. The Bertz CT molecular complexity index is 609. The molecule has 0 bridgehead atoms. The Labute approximate surface area is 119 Å². The van der Waals surface area contributed by atoms with E-state index in [1.807, 2.05) is 35.4 Å². The van der Waals surface area contributed by atoms with Gasteiger partial charge in [0.15, 0.2) is 0 Å². The molecular formula is C16H21N3O. The number of H-pyrrole nitrogens is 1. The van der Waals surface area contributed by atoms with Crippen LogP contribution in [0.4, 0.5) is 10.5 Å². The van der Waals surface area contributed by atoms with Crippen LogP contribution < -0.4 is 5.32 Å². The van der Waals surface area contributed by atoms with Gasteiger partial charge in [-0.2, -0.15) is 0 Å². The number of nitrogens with zero attached hydrogens (tertiary/aromatic N) is 1. The number of piperidine rings is 1. The number of likely N-dealkylation sites (tertiary alicyclic amines) is 1. The third-order valence-corrected chi connectivity index (χ3v) is 3.99. The molecule has 0 radical (unpaired) electrons. The van der Waals surface area contributed by atoms with E-state index in [1.54, 1.807) is 0 Å². The number of hydrogen-bond acceptors (Lipinski definition) is 1. The average molecular weight is 271 g/mol. The number of hydrogen-bond donors (Lipinski definition) is 2. The zero-order valence-corrected chi connectivity index (χ0v) is 12.0. The standard InChI is InChI=1S/C16H21N3O/c1-11-7-12(2)10-19(9-11)16(20)18-15-8-17-14-6-4-3-5-13(14)15/h3-6,8,11-12,17H,7,9-10H2,1-2H3,(H,18,20). The first kappa shape index (κ1) is 13.0. The van der Waals surface area contributed by atoms with E-state index in [0.717, 1.165) is 29.7 Å². The van der Waals surface area contributed by atoms with Gasteiger partial charge in [0.1, 0.15) is 0 Å². The van der Waals surface area contributed by atoms with Gasteiger partial charge in [-0.15, -0.1) is 0 Å². The number of para-hydroxylation sites is 1. The predicted molar refractivity (Wildman–Crippen MR) is 81.8 cm³/mol. The van der Waals surface area contributed by atoms with Crippen LogP contribution >= 0.6 is 0 Å².